The van der Waals surface area contributed by atoms with Crippen molar-refractivity contribution in [1.29, 1.82) is 0 Å². The Labute approximate surface area is 119 Å². The lowest BCUT2D eigenvalue weighted by molar-refractivity contribution is -0.140. The van der Waals surface area contributed by atoms with E-state index in [1.807, 2.05) is 0 Å². The number of methoxy groups -OCH3 is 1. The van der Waals surface area contributed by atoms with E-state index in [2.05, 4.69) is 26.6 Å². The van der Waals surface area contributed by atoms with Crippen LogP contribution >= 0.6 is 15.9 Å². The van der Waals surface area contributed by atoms with Gasteiger partial charge in [-0.1, -0.05) is 22.9 Å². The zero-order valence-electron chi connectivity index (χ0n) is 10.6. The van der Waals surface area contributed by atoms with Crippen LogP contribution in [0.3, 0.4) is 0 Å². The molecule has 0 aliphatic rings. The summed E-state index contributed by atoms with van der Waals surface area (Å²) in [7, 11) is 1.53. The van der Waals surface area contributed by atoms with Crippen molar-refractivity contribution < 1.29 is 19.4 Å². The molecular formula is C12H15BrN2O4. The predicted molar refractivity (Wildman–Crippen MR) is 74.5 cm³/mol. The lowest BCUT2D eigenvalue weighted by Crippen LogP contribution is -2.34. The molecular weight excluding hydrogens is 316 g/mol. The number of carbonyl (C=O) groups is 2. The number of halogens is 1. The van der Waals surface area contributed by atoms with Gasteiger partial charge >= 0.3 is 12.0 Å². The average Bonchev–Trinajstić information content (AvgIpc) is 2.34. The summed E-state index contributed by atoms with van der Waals surface area (Å²) < 4.78 is 5.83. The highest BCUT2D eigenvalue weighted by Crippen LogP contribution is 2.24. The summed E-state index contributed by atoms with van der Waals surface area (Å²) in [4.78, 5) is 22.2. The molecule has 0 aromatic heterocycles. The molecule has 1 aromatic carbocycles. The highest BCUT2D eigenvalue weighted by molar-refractivity contribution is 9.10. The maximum absolute atomic E-state index is 11.6. The topological polar surface area (TPSA) is 87.7 Å². The van der Waals surface area contributed by atoms with E-state index in [4.69, 9.17) is 9.84 Å². The Morgan fingerprint density at radius 2 is 2.11 bits per heavy atom. The van der Waals surface area contributed by atoms with Gasteiger partial charge in [-0.15, -0.1) is 0 Å². The van der Waals surface area contributed by atoms with E-state index in [0.29, 0.717) is 11.4 Å². The van der Waals surface area contributed by atoms with E-state index >= 15 is 0 Å². The maximum Gasteiger partial charge on any atom is 0.319 e. The van der Waals surface area contributed by atoms with Gasteiger partial charge in [-0.2, -0.15) is 0 Å². The van der Waals surface area contributed by atoms with Crippen LogP contribution in [0.2, 0.25) is 0 Å². The SMILES string of the molecule is COc1cc(Br)cc(NC(=O)NCC(C)C(=O)O)c1. The molecule has 0 saturated carbocycles. The van der Waals surface area contributed by atoms with Gasteiger partial charge in [0.25, 0.3) is 0 Å². The third-order valence-electron chi connectivity index (χ3n) is 2.36. The van der Waals surface area contributed by atoms with E-state index in [1.54, 1.807) is 18.2 Å². The van der Waals surface area contributed by atoms with Crippen molar-refractivity contribution in [2.24, 2.45) is 5.92 Å². The Balaban J connectivity index is 2.57. The van der Waals surface area contributed by atoms with Gasteiger partial charge in [-0.3, -0.25) is 4.79 Å². The van der Waals surface area contributed by atoms with E-state index in [-0.39, 0.29) is 6.54 Å². The van der Waals surface area contributed by atoms with Gasteiger partial charge < -0.3 is 20.5 Å². The van der Waals surface area contributed by atoms with Gasteiger partial charge in [0.05, 0.1) is 13.0 Å². The summed E-state index contributed by atoms with van der Waals surface area (Å²) in [6, 6.07) is 4.66. The molecule has 0 aliphatic carbocycles. The third kappa shape index (κ3) is 5.17. The summed E-state index contributed by atoms with van der Waals surface area (Å²) in [6.07, 6.45) is 0. The van der Waals surface area contributed by atoms with Crippen molar-refractivity contribution >= 4 is 33.6 Å². The van der Waals surface area contributed by atoms with Crippen molar-refractivity contribution in [3.63, 3.8) is 0 Å². The molecule has 104 valence electrons. The summed E-state index contributed by atoms with van der Waals surface area (Å²) in [5.41, 5.74) is 0.548. The van der Waals surface area contributed by atoms with E-state index in [0.717, 1.165) is 4.47 Å². The van der Waals surface area contributed by atoms with Crippen LogP contribution in [0.15, 0.2) is 22.7 Å². The molecule has 0 radical (unpaired) electrons. The number of rotatable bonds is 5. The Bertz CT molecular complexity index is 479. The van der Waals surface area contributed by atoms with Crippen LogP contribution in [0.4, 0.5) is 10.5 Å². The number of carboxylic acid groups (broad SMARTS) is 1. The summed E-state index contributed by atoms with van der Waals surface area (Å²) in [5.74, 6) is -0.990. The molecule has 0 fully saturated rings. The fraction of sp³-hybridized carbons (Fsp3) is 0.333. The lowest BCUT2D eigenvalue weighted by Gasteiger charge is -2.11. The van der Waals surface area contributed by atoms with E-state index in [1.165, 1.54) is 14.0 Å². The smallest absolute Gasteiger partial charge is 0.319 e. The zero-order chi connectivity index (χ0) is 14.4. The van der Waals surface area contributed by atoms with Crippen molar-refractivity contribution in [3.8, 4) is 5.75 Å². The molecule has 3 N–H and O–H groups in total. The molecule has 0 spiro atoms. The fourth-order valence-electron chi connectivity index (χ4n) is 1.26. The first-order valence-corrected chi connectivity index (χ1v) is 6.34. The molecule has 1 rings (SSSR count). The fourth-order valence-corrected chi connectivity index (χ4v) is 1.73. The minimum absolute atomic E-state index is 0.0618. The van der Waals surface area contributed by atoms with Crippen LogP contribution in [0, 0.1) is 5.92 Å². The largest absolute Gasteiger partial charge is 0.497 e. The monoisotopic (exact) mass is 330 g/mol. The maximum atomic E-state index is 11.6. The number of hydrogen-bond donors (Lipinski definition) is 3. The molecule has 0 heterocycles. The van der Waals surface area contributed by atoms with Gasteiger partial charge in [0.2, 0.25) is 0 Å². The number of amides is 2. The molecule has 19 heavy (non-hydrogen) atoms. The highest BCUT2D eigenvalue weighted by atomic mass is 79.9. The van der Waals surface area contributed by atoms with Gasteiger partial charge in [0.15, 0.2) is 0 Å². The number of anilines is 1. The molecule has 1 atom stereocenters. The molecule has 0 aliphatic heterocycles. The Morgan fingerprint density at radius 3 is 2.68 bits per heavy atom. The van der Waals surface area contributed by atoms with Crippen molar-refractivity contribution in [2.75, 3.05) is 19.0 Å². The molecule has 1 aromatic rings. The molecule has 0 saturated heterocycles. The molecule has 6 nitrogen and oxygen atoms in total. The minimum atomic E-state index is -0.954. The first kappa shape index (κ1) is 15.3. The number of carboxylic acids is 1. The van der Waals surface area contributed by atoms with E-state index in [9.17, 15) is 9.59 Å². The number of aliphatic carboxylic acids is 1. The van der Waals surface area contributed by atoms with Crippen LogP contribution in [0.25, 0.3) is 0 Å². The molecule has 7 heteroatoms. The van der Waals surface area contributed by atoms with Crippen LogP contribution in [-0.4, -0.2) is 30.8 Å². The standard InChI is InChI=1S/C12H15BrN2O4/c1-7(11(16)17)6-14-12(18)15-9-3-8(13)4-10(5-9)19-2/h3-5,7H,6H2,1-2H3,(H,16,17)(H2,14,15,18). The first-order chi connectivity index (χ1) is 8.92. The van der Waals surface area contributed by atoms with Crippen LogP contribution in [0.1, 0.15) is 6.92 Å². The number of carbonyl (C=O) groups excluding carboxylic acids is 1. The highest BCUT2D eigenvalue weighted by Gasteiger charge is 2.12. The van der Waals surface area contributed by atoms with Crippen molar-refractivity contribution in [1.82, 2.24) is 5.32 Å². The van der Waals surface area contributed by atoms with Crippen LogP contribution in [0.5, 0.6) is 5.75 Å². The number of nitrogens with one attached hydrogen (secondary N) is 2. The van der Waals surface area contributed by atoms with Crippen LogP contribution in [-0.2, 0) is 4.79 Å². The normalized spacial score (nSPS) is 11.5. The zero-order valence-corrected chi connectivity index (χ0v) is 12.2. The van der Waals surface area contributed by atoms with Crippen molar-refractivity contribution in [2.45, 2.75) is 6.92 Å². The van der Waals surface area contributed by atoms with Gasteiger partial charge in [0.1, 0.15) is 5.75 Å². The number of hydrogen-bond acceptors (Lipinski definition) is 3. The summed E-state index contributed by atoms with van der Waals surface area (Å²) in [5, 5.41) is 13.8. The second-order valence-electron chi connectivity index (χ2n) is 3.95. The van der Waals surface area contributed by atoms with Crippen molar-refractivity contribution in [3.05, 3.63) is 22.7 Å². The lowest BCUT2D eigenvalue weighted by atomic mass is 10.2. The Kier molecular flexibility index (Phi) is 5.62. The van der Waals surface area contributed by atoms with Gasteiger partial charge in [-0.25, -0.2) is 4.79 Å². The third-order valence-corrected chi connectivity index (χ3v) is 2.81. The number of urea groups is 1. The molecule has 0 bridgehead atoms. The predicted octanol–water partition coefficient (Wildman–Crippen LogP) is 2.30. The van der Waals surface area contributed by atoms with Gasteiger partial charge in [-0.05, 0) is 12.1 Å². The summed E-state index contributed by atoms with van der Waals surface area (Å²) >= 11 is 3.30. The molecule has 1 unspecified atom stereocenters. The summed E-state index contributed by atoms with van der Waals surface area (Å²) in [6.45, 7) is 1.58. The number of ether oxygens (including phenoxy) is 1. The minimum Gasteiger partial charge on any atom is -0.497 e. The van der Waals surface area contributed by atoms with Crippen LogP contribution < -0.4 is 15.4 Å². The van der Waals surface area contributed by atoms with E-state index < -0.39 is 17.9 Å². The quantitative estimate of drug-likeness (QED) is 0.773. The average molecular weight is 331 g/mol. The molecule has 2 amide bonds. The first-order valence-electron chi connectivity index (χ1n) is 5.54. The van der Waals surface area contributed by atoms with Gasteiger partial charge in [0, 0.05) is 22.8 Å². The second-order valence-corrected chi connectivity index (χ2v) is 4.87. The second kappa shape index (κ2) is 6.98. The number of benzene rings is 1. The Hall–Kier alpha value is -1.76. The Morgan fingerprint density at radius 1 is 1.42 bits per heavy atom.